The maximum Gasteiger partial charge on any atom is 0.185 e. The van der Waals surface area contributed by atoms with E-state index in [0.717, 1.165) is 16.9 Å². The third-order valence-corrected chi connectivity index (χ3v) is 1.81. The Bertz CT molecular complexity index is 285. The summed E-state index contributed by atoms with van der Waals surface area (Å²) in [4.78, 5) is 4.91. The first-order valence-corrected chi connectivity index (χ1v) is 4.88. The second kappa shape index (κ2) is 6.40. The highest BCUT2D eigenvalue weighted by Crippen LogP contribution is 2.19. The molecule has 1 aromatic rings. The van der Waals surface area contributed by atoms with Crippen molar-refractivity contribution in [2.75, 3.05) is 12.8 Å². The van der Waals surface area contributed by atoms with Crippen LogP contribution < -0.4 is 11.2 Å². The fourth-order valence-electron chi connectivity index (χ4n) is 1.24. The van der Waals surface area contributed by atoms with Gasteiger partial charge in [-0.1, -0.05) is 19.9 Å². The molecule has 0 heterocycles. The van der Waals surface area contributed by atoms with Gasteiger partial charge in [0.2, 0.25) is 0 Å². The predicted molar refractivity (Wildman–Crippen MR) is 60.3 cm³/mol. The van der Waals surface area contributed by atoms with Crippen LogP contribution in [0.2, 0.25) is 0 Å². The van der Waals surface area contributed by atoms with Crippen LogP contribution in [-0.4, -0.2) is 7.11 Å². The van der Waals surface area contributed by atoms with Gasteiger partial charge in [-0.05, 0) is 25.0 Å². The molecule has 4 N–H and O–H groups in total. The summed E-state index contributed by atoms with van der Waals surface area (Å²) < 4.78 is 0. The van der Waals surface area contributed by atoms with Gasteiger partial charge in [-0.15, -0.1) is 0 Å². The first-order valence-electron chi connectivity index (χ1n) is 4.88. The highest BCUT2D eigenvalue weighted by atomic mass is 16.6. The Kier molecular flexibility index (Phi) is 5.92. The number of benzene rings is 1. The van der Waals surface area contributed by atoms with Crippen molar-refractivity contribution < 1.29 is 10.3 Å². The van der Waals surface area contributed by atoms with Crippen LogP contribution in [0.15, 0.2) is 12.1 Å². The van der Waals surface area contributed by atoms with E-state index in [-0.39, 0.29) is 0 Å². The molecule has 0 bridgehead atoms. The third kappa shape index (κ3) is 3.36. The van der Waals surface area contributed by atoms with Crippen molar-refractivity contribution in [2.24, 2.45) is 0 Å². The van der Waals surface area contributed by atoms with Crippen molar-refractivity contribution in [3.63, 3.8) is 0 Å². The van der Waals surface area contributed by atoms with Gasteiger partial charge in [0.1, 0.15) is 0 Å². The zero-order valence-corrected chi connectivity index (χ0v) is 9.72. The van der Waals surface area contributed by atoms with Crippen LogP contribution in [0.5, 0.6) is 0 Å². The first-order chi connectivity index (χ1) is 6.65. The molecule has 3 heteroatoms. The van der Waals surface area contributed by atoms with Crippen molar-refractivity contribution in [2.45, 2.75) is 27.7 Å². The second-order valence-corrected chi connectivity index (χ2v) is 2.94. The van der Waals surface area contributed by atoms with E-state index in [4.69, 9.17) is 10.6 Å². The molecule has 80 valence electrons. The molecule has 0 atom stereocenters. The van der Waals surface area contributed by atoms with E-state index >= 15 is 0 Å². The lowest BCUT2D eigenvalue weighted by Gasteiger charge is -2.05. The maximum atomic E-state index is 5.83. The van der Waals surface area contributed by atoms with Gasteiger partial charge in [0.05, 0.1) is 12.8 Å². The van der Waals surface area contributed by atoms with E-state index in [1.54, 1.807) is 12.6 Å². The molecule has 0 unspecified atom stereocenters. The Hall–Kier alpha value is -1.06. The zero-order chi connectivity index (χ0) is 11.1. The zero-order valence-electron chi connectivity index (χ0n) is 9.72. The van der Waals surface area contributed by atoms with E-state index in [1.165, 1.54) is 5.56 Å². The molecular weight excluding hydrogens is 176 g/mol. The summed E-state index contributed by atoms with van der Waals surface area (Å²) in [5, 5.41) is 0. The molecule has 0 aliphatic heterocycles. The van der Waals surface area contributed by atoms with Gasteiger partial charge < -0.3 is 5.73 Å². The van der Waals surface area contributed by atoms with E-state index in [9.17, 15) is 0 Å². The van der Waals surface area contributed by atoms with Crippen LogP contribution in [0.3, 0.4) is 0 Å². The lowest BCUT2D eigenvalue weighted by atomic mass is 10.1. The van der Waals surface area contributed by atoms with Crippen molar-refractivity contribution in [3.8, 4) is 0 Å². The maximum absolute atomic E-state index is 5.83. The average molecular weight is 197 g/mol. The molecule has 3 nitrogen and oxygen atoms in total. The van der Waals surface area contributed by atoms with Crippen LogP contribution in [0, 0.1) is 13.8 Å². The van der Waals surface area contributed by atoms with Crippen molar-refractivity contribution in [3.05, 3.63) is 23.3 Å². The number of quaternary nitrogens is 1. The molecule has 0 amide bonds. The minimum Gasteiger partial charge on any atom is -0.394 e. The lowest BCUT2D eigenvalue weighted by molar-refractivity contribution is -0.829. The summed E-state index contributed by atoms with van der Waals surface area (Å²) in [5.41, 5.74) is 11.5. The topological polar surface area (TPSA) is 51.9 Å². The van der Waals surface area contributed by atoms with Crippen LogP contribution >= 0.6 is 0 Å². The summed E-state index contributed by atoms with van der Waals surface area (Å²) in [6, 6.07) is 4.06. The van der Waals surface area contributed by atoms with Gasteiger partial charge in [0.15, 0.2) is 5.69 Å². The number of nitrogen functional groups attached to an aromatic ring is 1. The number of anilines is 1. The summed E-state index contributed by atoms with van der Waals surface area (Å²) in [7, 11) is 1.62. The van der Waals surface area contributed by atoms with Crippen molar-refractivity contribution in [1.82, 2.24) is 0 Å². The van der Waals surface area contributed by atoms with Crippen molar-refractivity contribution in [1.29, 1.82) is 0 Å². The standard InChI is InChI=1S/C9H14N2O.C2H6/c1-6-4-7(2)9(10)8(5-6)11-12-3;1-2/h4-5,11H,10H2,1-3H3;1-2H3/p+1. The fraction of sp³-hybridized carbons (Fsp3) is 0.455. The van der Waals surface area contributed by atoms with E-state index in [0.29, 0.717) is 0 Å². The largest absolute Gasteiger partial charge is 0.394 e. The Morgan fingerprint density at radius 2 is 1.79 bits per heavy atom. The number of hydrogen-bond donors (Lipinski definition) is 2. The average Bonchev–Trinajstić information content (AvgIpc) is 2.17. The highest BCUT2D eigenvalue weighted by Gasteiger charge is 2.06. The molecular formula is C11H21N2O+. The number of nitrogens with two attached hydrogens (primary N) is 2. The first kappa shape index (κ1) is 12.9. The minimum atomic E-state index is 0.794. The Morgan fingerprint density at radius 1 is 1.21 bits per heavy atom. The van der Waals surface area contributed by atoms with Crippen molar-refractivity contribution >= 4 is 11.4 Å². The normalized spacial score (nSPS) is 9.21. The predicted octanol–water partition coefficient (Wildman–Crippen LogP) is 1.67. The Labute approximate surface area is 86.2 Å². The van der Waals surface area contributed by atoms with Gasteiger partial charge in [0, 0.05) is 6.07 Å². The van der Waals surface area contributed by atoms with Gasteiger partial charge in [-0.3, -0.25) is 0 Å². The minimum absolute atomic E-state index is 0.794. The molecule has 0 spiro atoms. The summed E-state index contributed by atoms with van der Waals surface area (Å²) in [6.07, 6.45) is 0. The summed E-state index contributed by atoms with van der Waals surface area (Å²) in [6.45, 7) is 8.04. The molecule has 0 aliphatic rings. The molecule has 0 saturated heterocycles. The molecule has 0 saturated carbocycles. The molecule has 0 radical (unpaired) electrons. The van der Waals surface area contributed by atoms with E-state index < -0.39 is 0 Å². The second-order valence-electron chi connectivity index (χ2n) is 2.94. The van der Waals surface area contributed by atoms with E-state index in [1.807, 2.05) is 33.8 Å². The van der Waals surface area contributed by atoms with Crippen LogP contribution in [0.4, 0.5) is 11.4 Å². The number of aryl methyl sites for hydroxylation is 2. The number of hydrogen-bond acceptors (Lipinski definition) is 2. The molecule has 0 aromatic heterocycles. The lowest BCUT2D eigenvalue weighted by Crippen LogP contribution is -2.76. The summed E-state index contributed by atoms with van der Waals surface area (Å²) in [5.74, 6) is 0. The molecule has 1 aromatic carbocycles. The van der Waals surface area contributed by atoms with Gasteiger partial charge in [0.25, 0.3) is 0 Å². The van der Waals surface area contributed by atoms with Crippen LogP contribution in [0.25, 0.3) is 0 Å². The SMILES string of the molecule is CC.CO[NH2+]c1cc(C)cc(C)c1N. The van der Waals surface area contributed by atoms with Gasteiger partial charge in [-0.2, -0.15) is 5.48 Å². The third-order valence-electron chi connectivity index (χ3n) is 1.81. The molecule has 0 aliphatic carbocycles. The van der Waals surface area contributed by atoms with Gasteiger partial charge in [-0.25, -0.2) is 4.84 Å². The molecule has 1 rings (SSSR count). The Morgan fingerprint density at radius 3 is 2.29 bits per heavy atom. The highest BCUT2D eigenvalue weighted by molar-refractivity contribution is 5.63. The molecule has 14 heavy (non-hydrogen) atoms. The number of rotatable bonds is 2. The van der Waals surface area contributed by atoms with Crippen LogP contribution in [-0.2, 0) is 4.84 Å². The van der Waals surface area contributed by atoms with Crippen LogP contribution in [0.1, 0.15) is 25.0 Å². The van der Waals surface area contributed by atoms with Gasteiger partial charge >= 0.3 is 0 Å². The molecule has 0 fully saturated rings. The summed E-state index contributed by atoms with van der Waals surface area (Å²) >= 11 is 0. The quantitative estimate of drug-likeness (QED) is 0.559. The smallest absolute Gasteiger partial charge is 0.185 e. The fourth-order valence-corrected chi connectivity index (χ4v) is 1.24. The Balaban J connectivity index is 0.000000791. The van der Waals surface area contributed by atoms with E-state index in [2.05, 4.69) is 6.07 Å². The monoisotopic (exact) mass is 197 g/mol.